The van der Waals surface area contributed by atoms with Crippen LogP contribution in [0.1, 0.15) is 78.6 Å². The van der Waals surface area contributed by atoms with Crippen LogP contribution in [0.2, 0.25) is 0 Å². The predicted octanol–water partition coefficient (Wildman–Crippen LogP) is -3.38. The fraction of sp³-hybridized carbons (Fsp3) is 0.960. The van der Waals surface area contributed by atoms with Gasteiger partial charge in [-0.15, -0.1) is 0 Å². The second kappa shape index (κ2) is 21.1. The second-order valence-electron chi connectivity index (χ2n) is 23.5. The topological polar surface area (TPSA) is 355 Å². The summed E-state index contributed by atoms with van der Waals surface area (Å²) in [4.78, 5) is 0. The van der Waals surface area contributed by atoms with Gasteiger partial charge >= 0.3 is 0 Å². The molecule has 10 fully saturated rings. The van der Waals surface area contributed by atoms with E-state index in [0.29, 0.717) is 43.1 Å². The first kappa shape index (κ1) is 55.1. The van der Waals surface area contributed by atoms with E-state index in [-0.39, 0.29) is 28.8 Å². The first-order chi connectivity index (χ1) is 34.7. The highest BCUT2D eigenvalue weighted by Crippen LogP contribution is 2.71. The summed E-state index contributed by atoms with van der Waals surface area (Å²) in [6.07, 6.45) is -27.7. The van der Waals surface area contributed by atoms with Crippen molar-refractivity contribution in [3.05, 3.63) is 12.2 Å². The Kier molecular flexibility index (Phi) is 16.0. The van der Waals surface area contributed by atoms with Gasteiger partial charge in [0.05, 0.1) is 51.3 Å². The summed E-state index contributed by atoms with van der Waals surface area (Å²) in [6, 6.07) is 0. The minimum atomic E-state index is -2.02. The average molecular weight is 1050 g/mol. The Balaban J connectivity index is 0.824. The summed E-state index contributed by atoms with van der Waals surface area (Å²) in [5, 5.41) is 141. The van der Waals surface area contributed by atoms with E-state index in [1.807, 2.05) is 0 Å². The number of aliphatic hydroxyl groups excluding tert-OH is 13. The lowest BCUT2D eigenvalue weighted by Crippen LogP contribution is -2.68. The predicted molar refractivity (Wildman–Crippen MR) is 244 cm³/mol. The van der Waals surface area contributed by atoms with E-state index < -0.39 is 161 Å². The Morgan fingerprint density at radius 3 is 1.90 bits per heavy atom. The van der Waals surface area contributed by atoms with Gasteiger partial charge in [0, 0.05) is 17.8 Å². The molecule has 6 aliphatic heterocycles. The van der Waals surface area contributed by atoms with Crippen molar-refractivity contribution in [3.8, 4) is 0 Å². The van der Waals surface area contributed by atoms with Gasteiger partial charge in [-0.05, 0) is 86.4 Å². The van der Waals surface area contributed by atoms with E-state index in [4.69, 9.17) is 47.4 Å². The maximum absolute atomic E-state index is 11.9. The molecule has 418 valence electrons. The van der Waals surface area contributed by atoms with Gasteiger partial charge in [-0.25, -0.2) is 0 Å². The van der Waals surface area contributed by atoms with Crippen molar-refractivity contribution in [2.45, 2.75) is 219 Å². The van der Waals surface area contributed by atoms with Crippen LogP contribution in [0, 0.1) is 46.3 Å². The van der Waals surface area contributed by atoms with E-state index in [2.05, 4.69) is 27.4 Å². The Labute approximate surface area is 423 Å². The Morgan fingerprint density at radius 1 is 0.589 bits per heavy atom. The molecule has 0 bridgehead atoms. The molecule has 31 atom stereocenters. The zero-order valence-corrected chi connectivity index (χ0v) is 41.7. The smallest absolute Gasteiger partial charge is 0.187 e. The zero-order chi connectivity index (χ0) is 52.2. The second-order valence-corrected chi connectivity index (χ2v) is 23.5. The van der Waals surface area contributed by atoms with Gasteiger partial charge in [0.15, 0.2) is 30.9 Å². The fourth-order valence-electron chi connectivity index (χ4n) is 15.6. The van der Waals surface area contributed by atoms with Gasteiger partial charge < -0.3 is 114 Å². The third-order valence-electron chi connectivity index (χ3n) is 20.0. The normalized spacial score (nSPS) is 57.2. The minimum absolute atomic E-state index is 0.00114. The number of ether oxygens (including phenoxy) is 10. The SMILES string of the molecule is C=C1CCC2(OC1)OC1CC3C4CC[C@H]5C[C@@H](O[C@H]6O[C@H](CO)[C@H](O[C@H]7O[C@H](CO)[C@@H](O)[C@H](O[C@H]8OC[C@@H](O)[C@H](O)[C@H]8O)[C@H]7O[C@@H]7O[C@H](CO)[C@@H](O)[C@H](O)[C@H]7O)[C@H](O)[C@H]6O)[C@H](O)C[C@]5(C)C4CCC3[C@]1(C)[C@@H]2C. The van der Waals surface area contributed by atoms with Crippen LogP contribution in [-0.4, -0.2) is 240 Å². The van der Waals surface area contributed by atoms with Crippen molar-refractivity contribution >= 4 is 0 Å². The van der Waals surface area contributed by atoms with E-state index in [1.165, 1.54) is 0 Å². The molecular formula is C50H80O23. The summed E-state index contributed by atoms with van der Waals surface area (Å²) < 4.78 is 61.0. The van der Waals surface area contributed by atoms with Crippen molar-refractivity contribution in [3.63, 3.8) is 0 Å². The summed E-state index contributed by atoms with van der Waals surface area (Å²) in [5.74, 6) is 1.74. The van der Waals surface area contributed by atoms with E-state index in [1.54, 1.807) is 0 Å². The highest BCUT2D eigenvalue weighted by molar-refractivity contribution is 5.17. The molecule has 0 aromatic rings. The van der Waals surface area contributed by atoms with Crippen LogP contribution in [0.25, 0.3) is 0 Å². The Bertz CT molecular complexity index is 1910. The third kappa shape index (κ3) is 9.31. The van der Waals surface area contributed by atoms with Gasteiger partial charge in [0.2, 0.25) is 0 Å². The van der Waals surface area contributed by atoms with Gasteiger partial charge in [-0.2, -0.15) is 0 Å². The maximum Gasteiger partial charge on any atom is 0.187 e. The molecule has 4 aliphatic carbocycles. The number of hydrogen-bond acceptors (Lipinski definition) is 23. The van der Waals surface area contributed by atoms with Crippen LogP contribution in [0.4, 0.5) is 0 Å². The average Bonchev–Trinajstić information content (AvgIpc) is 3.77. The highest BCUT2D eigenvalue weighted by Gasteiger charge is 2.71. The monoisotopic (exact) mass is 1050 g/mol. The largest absolute Gasteiger partial charge is 0.394 e. The standard InChI is InChI=1S/C50H80O23/c1-19-9-10-50(65-17-19)20(2)49(4)25-8-7-24-22(23(25)12-32(49)73-50)6-5-21-11-28(26(54)13-48(21,24)3)66-45-40(63)37(60)41(31(16-53)69-45)70-47-43(72-46-39(62)36(59)34(57)29(14-51)67-46)42(35(58)30(15-52)68-47)71-44-38(61)33(56)27(55)18-64-44/h20-47,51-63H,1,5-18H2,2-4H3/t20-,21-,22?,23?,24?,25?,26+,27+,28+,29+,30+,31+,32?,33-,34+,35+,36-,37+,38+,39+,40+,41-,42-,43+,44+,45-,46-,47+,48-,49-,50?/m0/s1. The van der Waals surface area contributed by atoms with Gasteiger partial charge in [0.1, 0.15) is 91.6 Å². The molecule has 73 heavy (non-hydrogen) atoms. The van der Waals surface area contributed by atoms with Gasteiger partial charge in [0.25, 0.3) is 0 Å². The number of aliphatic hydroxyl groups is 13. The fourth-order valence-corrected chi connectivity index (χ4v) is 15.6. The summed E-state index contributed by atoms with van der Waals surface area (Å²) in [5.41, 5.74) is 0.916. The molecule has 0 aromatic carbocycles. The first-order valence-electron chi connectivity index (χ1n) is 26.5. The molecule has 0 amide bonds. The zero-order valence-electron chi connectivity index (χ0n) is 41.7. The van der Waals surface area contributed by atoms with Crippen molar-refractivity contribution in [1.82, 2.24) is 0 Å². The Morgan fingerprint density at radius 2 is 1.21 bits per heavy atom. The van der Waals surface area contributed by atoms with E-state index in [9.17, 15) is 66.4 Å². The minimum Gasteiger partial charge on any atom is -0.394 e. The molecule has 23 heteroatoms. The molecule has 6 heterocycles. The molecule has 1 spiro atoms. The van der Waals surface area contributed by atoms with Crippen molar-refractivity contribution < 1.29 is 114 Å². The van der Waals surface area contributed by atoms with Gasteiger partial charge in [-0.1, -0.05) is 32.9 Å². The molecule has 6 unspecified atom stereocenters. The first-order valence-corrected chi connectivity index (χ1v) is 26.5. The molecular weight excluding hydrogens is 969 g/mol. The van der Waals surface area contributed by atoms with Crippen LogP contribution < -0.4 is 0 Å². The summed E-state index contributed by atoms with van der Waals surface area (Å²) in [6.45, 7) is 8.62. The molecule has 10 rings (SSSR count). The summed E-state index contributed by atoms with van der Waals surface area (Å²) in [7, 11) is 0. The third-order valence-corrected chi connectivity index (χ3v) is 20.0. The highest BCUT2D eigenvalue weighted by atomic mass is 16.8. The Hall–Kier alpha value is -1.18. The molecule has 13 N–H and O–H groups in total. The lowest BCUT2D eigenvalue weighted by atomic mass is 9.45. The van der Waals surface area contributed by atoms with Crippen molar-refractivity contribution in [2.75, 3.05) is 33.0 Å². The van der Waals surface area contributed by atoms with Crippen LogP contribution in [0.5, 0.6) is 0 Å². The lowest BCUT2D eigenvalue weighted by molar-refractivity contribution is -0.404. The molecule has 6 saturated heterocycles. The van der Waals surface area contributed by atoms with Crippen molar-refractivity contribution in [1.29, 1.82) is 0 Å². The maximum atomic E-state index is 11.9. The molecule has 0 radical (unpaired) electrons. The van der Waals surface area contributed by atoms with E-state index >= 15 is 0 Å². The van der Waals surface area contributed by atoms with Crippen LogP contribution in [-0.2, 0) is 47.4 Å². The number of hydrogen-bond donors (Lipinski definition) is 13. The molecule has 23 nitrogen and oxygen atoms in total. The van der Waals surface area contributed by atoms with Crippen LogP contribution in [0.15, 0.2) is 12.2 Å². The molecule has 10 aliphatic rings. The number of fused-ring (bicyclic) bond motifs is 7. The molecule has 4 saturated carbocycles. The van der Waals surface area contributed by atoms with Crippen LogP contribution in [0.3, 0.4) is 0 Å². The van der Waals surface area contributed by atoms with Crippen LogP contribution >= 0.6 is 0 Å². The quantitative estimate of drug-likeness (QED) is 0.0709. The van der Waals surface area contributed by atoms with Crippen molar-refractivity contribution in [2.24, 2.45) is 46.3 Å². The molecule has 0 aromatic heterocycles. The van der Waals surface area contributed by atoms with Gasteiger partial charge in [-0.3, -0.25) is 0 Å². The lowest BCUT2D eigenvalue weighted by Gasteiger charge is -2.60. The number of rotatable bonds is 11. The summed E-state index contributed by atoms with van der Waals surface area (Å²) >= 11 is 0. The van der Waals surface area contributed by atoms with E-state index in [0.717, 1.165) is 50.5 Å².